The van der Waals surface area contributed by atoms with Gasteiger partial charge in [0.1, 0.15) is 5.75 Å². The molecule has 0 spiro atoms. The zero-order chi connectivity index (χ0) is 22.6. The van der Waals surface area contributed by atoms with Crippen molar-refractivity contribution in [3.8, 4) is 5.75 Å². The highest BCUT2D eigenvalue weighted by Gasteiger charge is 2.31. The van der Waals surface area contributed by atoms with Crippen LogP contribution in [0.1, 0.15) is 13.3 Å². The number of nitrogens with one attached hydrogen (secondary N) is 3. The number of benzene rings is 2. The number of hydrogen-bond donors (Lipinski definition) is 3. The van der Waals surface area contributed by atoms with Gasteiger partial charge in [0.05, 0.1) is 18.0 Å². The summed E-state index contributed by atoms with van der Waals surface area (Å²) in [4.78, 5) is 37.1. The van der Waals surface area contributed by atoms with Gasteiger partial charge in [0.25, 0.3) is 10.0 Å². The minimum atomic E-state index is -3.95. The van der Waals surface area contributed by atoms with Crippen molar-refractivity contribution in [1.82, 2.24) is 10.0 Å². The largest absolute Gasteiger partial charge is 0.497 e. The van der Waals surface area contributed by atoms with E-state index in [9.17, 15) is 22.8 Å². The predicted octanol–water partition coefficient (Wildman–Crippen LogP) is 1.45. The highest BCUT2D eigenvalue weighted by Crippen LogP contribution is 2.25. The summed E-state index contributed by atoms with van der Waals surface area (Å²) >= 11 is 0. The van der Waals surface area contributed by atoms with Crippen LogP contribution in [0.25, 0.3) is 0 Å². The molecule has 1 heterocycles. The van der Waals surface area contributed by atoms with E-state index in [0.29, 0.717) is 23.7 Å². The van der Waals surface area contributed by atoms with Crippen LogP contribution in [0.15, 0.2) is 53.4 Å². The van der Waals surface area contributed by atoms with Gasteiger partial charge in [-0.15, -0.1) is 0 Å². The fourth-order valence-corrected chi connectivity index (χ4v) is 4.14. The lowest BCUT2D eigenvalue weighted by Crippen LogP contribution is -2.39. The van der Waals surface area contributed by atoms with E-state index >= 15 is 0 Å². The number of anilines is 2. The van der Waals surface area contributed by atoms with Gasteiger partial charge in [-0.25, -0.2) is 17.9 Å². The number of carbonyl (C=O) groups excluding carboxylic acids is 3. The quantitative estimate of drug-likeness (QED) is 0.615. The summed E-state index contributed by atoms with van der Waals surface area (Å²) in [5.41, 5.74) is 1.04. The molecule has 11 heteroatoms. The molecule has 31 heavy (non-hydrogen) atoms. The number of nitrogens with zero attached hydrogens (tertiary/aromatic N) is 1. The van der Waals surface area contributed by atoms with Crippen LogP contribution < -0.4 is 25.0 Å². The molecule has 2 aromatic carbocycles. The SMILES string of the molecule is COc1cccc(N2C[C@@H](NC(=O)Nc3ccc(S(=O)(=O)NC(C)=O)cc3)CC2=O)c1. The monoisotopic (exact) mass is 446 g/mol. The Morgan fingerprint density at radius 2 is 1.84 bits per heavy atom. The van der Waals surface area contributed by atoms with Gasteiger partial charge >= 0.3 is 6.03 Å². The second-order valence-electron chi connectivity index (χ2n) is 6.89. The molecule has 0 bridgehead atoms. The van der Waals surface area contributed by atoms with Crippen molar-refractivity contribution in [1.29, 1.82) is 0 Å². The molecule has 1 saturated heterocycles. The van der Waals surface area contributed by atoms with E-state index < -0.39 is 28.0 Å². The molecule has 1 fully saturated rings. The molecule has 164 valence electrons. The lowest BCUT2D eigenvalue weighted by molar-refractivity contribution is -0.118. The molecule has 1 aliphatic heterocycles. The minimum Gasteiger partial charge on any atom is -0.497 e. The van der Waals surface area contributed by atoms with Gasteiger partial charge in [-0.05, 0) is 36.4 Å². The molecule has 3 rings (SSSR count). The first-order valence-corrected chi connectivity index (χ1v) is 10.8. The average Bonchev–Trinajstić information content (AvgIpc) is 3.07. The van der Waals surface area contributed by atoms with Crippen molar-refractivity contribution in [3.63, 3.8) is 0 Å². The molecule has 0 unspecified atom stereocenters. The highest BCUT2D eigenvalue weighted by atomic mass is 32.2. The number of hydrogen-bond acceptors (Lipinski definition) is 6. The van der Waals surface area contributed by atoms with Gasteiger partial charge < -0.3 is 20.3 Å². The molecule has 1 atom stereocenters. The number of rotatable bonds is 6. The Morgan fingerprint density at radius 1 is 1.13 bits per heavy atom. The minimum absolute atomic E-state index is 0.107. The van der Waals surface area contributed by atoms with Crippen molar-refractivity contribution in [2.75, 3.05) is 23.9 Å². The van der Waals surface area contributed by atoms with Crippen molar-refractivity contribution in [2.24, 2.45) is 0 Å². The third kappa shape index (κ3) is 5.51. The number of urea groups is 1. The lowest BCUT2D eigenvalue weighted by Gasteiger charge is -2.18. The molecule has 2 aromatic rings. The molecule has 3 N–H and O–H groups in total. The maximum atomic E-state index is 12.4. The van der Waals surface area contributed by atoms with E-state index in [4.69, 9.17) is 4.74 Å². The Kier molecular flexibility index (Phi) is 6.44. The number of ether oxygens (including phenoxy) is 1. The first kappa shape index (κ1) is 22.1. The average molecular weight is 446 g/mol. The summed E-state index contributed by atoms with van der Waals surface area (Å²) in [6, 6.07) is 11.5. The Balaban J connectivity index is 1.58. The van der Waals surface area contributed by atoms with Crippen molar-refractivity contribution in [2.45, 2.75) is 24.3 Å². The molecule has 0 aliphatic carbocycles. The number of methoxy groups -OCH3 is 1. The Bertz CT molecular complexity index is 1100. The number of sulfonamides is 1. The smallest absolute Gasteiger partial charge is 0.319 e. The summed E-state index contributed by atoms with van der Waals surface area (Å²) < 4.78 is 30.9. The molecule has 0 radical (unpaired) electrons. The topological polar surface area (TPSA) is 134 Å². The van der Waals surface area contributed by atoms with Crippen LogP contribution in [-0.4, -0.2) is 46.0 Å². The number of amides is 4. The van der Waals surface area contributed by atoms with Gasteiger partial charge in [-0.2, -0.15) is 0 Å². The van der Waals surface area contributed by atoms with Crippen LogP contribution >= 0.6 is 0 Å². The summed E-state index contributed by atoms with van der Waals surface area (Å²) in [5.74, 6) is -0.190. The molecule has 0 saturated carbocycles. The molecular formula is C20H22N4O6S. The van der Waals surface area contributed by atoms with Gasteiger partial charge in [-0.1, -0.05) is 6.07 Å². The third-order valence-corrected chi connectivity index (χ3v) is 5.97. The fourth-order valence-electron chi connectivity index (χ4n) is 3.15. The van der Waals surface area contributed by atoms with Crippen molar-refractivity contribution < 1.29 is 27.5 Å². The van der Waals surface area contributed by atoms with Gasteiger partial charge in [0, 0.05) is 37.3 Å². The fraction of sp³-hybridized carbons (Fsp3) is 0.250. The highest BCUT2D eigenvalue weighted by molar-refractivity contribution is 7.90. The predicted molar refractivity (Wildman–Crippen MR) is 113 cm³/mol. The van der Waals surface area contributed by atoms with Gasteiger partial charge in [0.15, 0.2) is 0 Å². The second-order valence-corrected chi connectivity index (χ2v) is 8.57. The maximum Gasteiger partial charge on any atom is 0.319 e. The molecule has 4 amide bonds. The second kappa shape index (κ2) is 9.04. The van der Waals surface area contributed by atoms with E-state index in [2.05, 4.69) is 10.6 Å². The maximum absolute atomic E-state index is 12.4. The zero-order valence-electron chi connectivity index (χ0n) is 16.9. The van der Waals surface area contributed by atoms with Crippen LogP contribution in [0.4, 0.5) is 16.2 Å². The summed E-state index contributed by atoms with van der Waals surface area (Å²) in [6.45, 7) is 1.41. The van der Waals surface area contributed by atoms with E-state index in [1.165, 1.54) is 24.3 Å². The molecule has 10 nitrogen and oxygen atoms in total. The standard InChI is InChI=1S/C20H22N4O6S/c1-13(25)23-31(28,29)18-8-6-14(7-9-18)21-20(27)22-15-10-19(26)24(12-15)16-4-3-5-17(11-16)30-2/h3-9,11,15H,10,12H2,1-2H3,(H,23,25)(H2,21,22,27)/t15-/m0/s1. The van der Waals surface area contributed by atoms with Crippen LogP contribution in [0.5, 0.6) is 5.75 Å². The van der Waals surface area contributed by atoms with Crippen LogP contribution in [-0.2, 0) is 19.6 Å². The summed E-state index contributed by atoms with van der Waals surface area (Å²) in [6.07, 6.45) is 0.151. The summed E-state index contributed by atoms with van der Waals surface area (Å²) in [7, 11) is -2.40. The Labute approximate surface area is 179 Å². The Hall–Kier alpha value is -3.60. The third-order valence-electron chi connectivity index (χ3n) is 4.53. The molecule has 0 aromatic heterocycles. The van der Waals surface area contributed by atoms with E-state index in [1.807, 2.05) is 4.72 Å². The van der Waals surface area contributed by atoms with Gasteiger partial charge in [-0.3, -0.25) is 9.59 Å². The van der Waals surface area contributed by atoms with Crippen LogP contribution in [0.2, 0.25) is 0 Å². The van der Waals surface area contributed by atoms with Crippen molar-refractivity contribution >= 4 is 39.2 Å². The lowest BCUT2D eigenvalue weighted by atomic mass is 10.2. The summed E-state index contributed by atoms with van der Waals surface area (Å²) in [5, 5.41) is 5.33. The Morgan fingerprint density at radius 3 is 2.48 bits per heavy atom. The molecule has 1 aliphatic rings. The first-order valence-electron chi connectivity index (χ1n) is 9.33. The van der Waals surface area contributed by atoms with E-state index in [0.717, 1.165) is 6.92 Å². The zero-order valence-corrected chi connectivity index (χ0v) is 17.7. The number of carbonyl (C=O) groups is 3. The molecular weight excluding hydrogens is 424 g/mol. The van der Waals surface area contributed by atoms with E-state index in [-0.39, 0.29) is 17.2 Å². The normalized spacial score (nSPS) is 16.0. The first-order chi connectivity index (χ1) is 14.7. The van der Waals surface area contributed by atoms with Crippen LogP contribution in [0.3, 0.4) is 0 Å². The van der Waals surface area contributed by atoms with Crippen molar-refractivity contribution in [3.05, 3.63) is 48.5 Å². The van der Waals surface area contributed by atoms with Crippen LogP contribution in [0, 0.1) is 0 Å². The van der Waals surface area contributed by atoms with E-state index in [1.54, 1.807) is 36.3 Å². The van der Waals surface area contributed by atoms with Gasteiger partial charge in [0.2, 0.25) is 11.8 Å².